The zero-order chi connectivity index (χ0) is 16.2. The van der Waals surface area contributed by atoms with E-state index in [0.717, 1.165) is 15.4 Å². The molecule has 0 saturated carbocycles. The van der Waals surface area contributed by atoms with E-state index < -0.39 is 0 Å². The van der Waals surface area contributed by atoms with E-state index in [4.69, 9.17) is 0 Å². The van der Waals surface area contributed by atoms with Gasteiger partial charge in [0.1, 0.15) is 0 Å². The fourth-order valence-electron chi connectivity index (χ4n) is 4.08. The summed E-state index contributed by atoms with van der Waals surface area (Å²) in [7, 11) is 0. The maximum atomic E-state index is 3.66. The predicted octanol–water partition coefficient (Wildman–Crippen LogP) is 7.24. The largest absolute Gasteiger partial charge is 0.0804 e. The summed E-state index contributed by atoms with van der Waals surface area (Å²) in [6, 6.07) is 13.4. The lowest BCUT2D eigenvalue weighted by Crippen LogP contribution is -2.23. The molecule has 0 heterocycles. The van der Waals surface area contributed by atoms with Crippen LogP contribution in [-0.2, 0) is 0 Å². The van der Waals surface area contributed by atoms with Crippen molar-refractivity contribution in [2.45, 2.75) is 26.2 Å². The highest BCUT2D eigenvalue weighted by Gasteiger charge is 2.41. The van der Waals surface area contributed by atoms with E-state index in [-0.39, 0.29) is 5.41 Å². The molecule has 0 bridgehead atoms. The first kappa shape index (κ1) is 15.4. The molecule has 0 aromatic heterocycles. The molecule has 0 spiro atoms. The van der Waals surface area contributed by atoms with Crippen LogP contribution in [0.2, 0.25) is 0 Å². The average molecular weight is 430 g/mol. The van der Waals surface area contributed by atoms with Gasteiger partial charge in [-0.25, -0.2) is 0 Å². The quantitative estimate of drug-likeness (QED) is 0.472. The second-order valence-electron chi connectivity index (χ2n) is 6.92. The van der Waals surface area contributed by atoms with Gasteiger partial charge in [-0.15, -0.1) is 0 Å². The summed E-state index contributed by atoms with van der Waals surface area (Å²) in [4.78, 5) is 0. The van der Waals surface area contributed by atoms with Crippen molar-refractivity contribution < 1.29 is 0 Å². The van der Waals surface area contributed by atoms with Crippen molar-refractivity contribution in [1.29, 1.82) is 0 Å². The fraction of sp³-hybridized carbons (Fsp3) is 0.238. The minimum Gasteiger partial charge on any atom is -0.0804 e. The normalized spacial score (nSPS) is 16.4. The van der Waals surface area contributed by atoms with E-state index in [1.165, 1.54) is 27.8 Å². The smallest absolute Gasteiger partial charge is 0.0194 e. The summed E-state index contributed by atoms with van der Waals surface area (Å²) in [6.45, 7) is 4.75. The highest BCUT2D eigenvalue weighted by molar-refractivity contribution is 9.10. The number of rotatable bonds is 2. The first-order chi connectivity index (χ1) is 11.0. The average Bonchev–Trinajstić information content (AvgIpc) is 3.12. The molecule has 0 amide bonds. The van der Waals surface area contributed by atoms with Gasteiger partial charge in [-0.05, 0) is 58.5 Å². The molecule has 0 atom stereocenters. The molecule has 0 saturated heterocycles. The number of allylic oxidation sites excluding steroid dienone is 4. The first-order valence-corrected chi connectivity index (χ1v) is 9.53. The van der Waals surface area contributed by atoms with E-state index in [1.54, 1.807) is 0 Å². The Labute approximate surface area is 154 Å². The van der Waals surface area contributed by atoms with Gasteiger partial charge in [0.05, 0.1) is 0 Å². The van der Waals surface area contributed by atoms with Crippen LogP contribution in [0.25, 0.3) is 11.1 Å². The van der Waals surface area contributed by atoms with Gasteiger partial charge in [0.25, 0.3) is 0 Å². The van der Waals surface area contributed by atoms with Crippen LogP contribution in [-0.4, -0.2) is 0 Å². The van der Waals surface area contributed by atoms with Crippen LogP contribution in [0.15, 0.2) is 69.1 Å². The molecule has 0 fully saturated rings. The van der Waals surface area contributed by atoms with Crippen molar-refractivity contribution in [2.75, 3.05) is 0 Å². The summed E-state index contributed by atoms with van der Waals surface area (Å²) in [5.74, 6) is 0.372. The summed E-state index contributed by atoms with van der Waals surface area (Å²) in [5.41, 5.74) is 7.11. The topological polar surface area (TPSA) is 0 Å². The monoisotopic (exact) mass is 428 g/mol. The van der Waals surface area contributed by atoms with Crippen molar-refractivity contribution in [3.63, 3.8) is 0 Å². The zero-order valence-electron chi connectivity index (χ0n) is 13.2. The molecular weight excluding hydrogens is 412 g/mol. The lowest BCUT2D eigenvalue weighted by atomic mass is 9.69. The Kier molecular flexibility index (Phi) is 3.66. The third-order valence-electron chi connectivity index (χ3n) is 5.18. The number of halogens is 2. The molecule has 116 valence electrons. The molecule has 23 heavy (non-hydrogen) atoms. The Balaban J connectivity index is 1.98. The molecule has 2 aromatic rings. The number of benzene rings is 2. The second-order valence-corrected chi connectivity index (χ2v) is 8.75. The van der Waals surface area contributed by atoms with Crippen molar-refractivity contribution in [1.82, 2.24) is 0 Å². The number of fused-ring (bicyclic) bond motifs is 3. The lowest BCUT2D eigenvalue weighted by Gasteiger charge is -2.34. The third-order valence-corrected chi connectivity index (χ3v) is 6.16. The van der Waals surface area contributed by atoms with Gasteiger partial charge in [0, 0.05) is 20.3 Å². The van der Waals surface area contributed by atoms with Crippen LogP contribution >= 0.6 is 31.9 Å². The van der Waals surface area contributed by atoms with Crippen LogP contribution in [0.4, 0.5) is 0 Å². The molecule has 2 aliphatic rings. The molecular formula is C21H18Br2. The van der Waals surface area contributed by atoms with Gasteiger partial charge in [-0.1, -0.05) is 76.1 Å². The van der Waals surface area contributed by atoms with E-state index >= 15 is 0 Å². The number of hydrogen-bond acceptors (Lipinski definition) is 0. The number of hydrogen-bond donors (Lipinski definition) is 0. The Bertz CT molecular complexity index is 805. The second kappa shape index (κ2) is 5.46. The Morgan fingerprint density at radius 3 is 1.96 bits per heavy atom. The highest BCUT2D eigenvalue weighted by Crippen LogP contribution is 2.56. The first-order valence-electron chi connectivity index (χ1n) is 7.95. The van der Waals surface area contributed by atoms with E-state index in [0.29, 0.717) is 5.92 Å². The van der Waals surface area contributed by atoms with E-state index in [9.17, 15) is 0 Å². The minimum absolute atomic E-state index is 0.0641. The van der Waals surface area contributed by atoms with Gasteiger partial charge in [-0.2, -0.15) is 0 Å². The zero-order valence-corrected chi connectivity index (χ0v) is 16.4. The standard InChI is InChI=1S/C21H18Br2/c1-21(2,13-5-3-4-6-13)20-18-11-14(22)7-9-16(18)17-10-8-15(23)12-19(17)20/h3,5-12,20H,4H2,1-2H3. The molecule has 4 rings (SSSR count). The SMILES string of the molecule is CC(C)(C1=CCC=C1)C1c2cc(Br)ccc2-c2ccc(Br)cc21. The van der Waals surface area contributed by atoms with Crippen LogP contribution in [0, 0.1) is 5.41 Å². The summed E-state index contributed by atoms with van der Waals surface area (Å²) in [6.07, 6.45) is 7.99. The van der Waals surface area contributed by atoms with Crippen LogP contribution in [0.5, 0.6) is 0 Å². The highest BCUT2D eigenvalue weighted by atomic mass is 79.9. The Morgan fingerprint density at radius 1 is 0.913 bits per heavy atom. The minimum atomic E-state index is 0.0641. The maximum Gasteiger partial charge on any atom is 0.0194 e. The van der Waals surface area contributed by atoms with Crippen LogP contribution in [0.1, 0.15) is 37.3 Å². The molecule has 2 heteroatoms. The molecule has 2 aromatic carbocycles. The summed E-state index contributed by atoms with van der Waals surface area (Å²) < 4.78 is 2.31. The molecule has 0 nitrogen and oxygen atoms in total. The summed E-state index contributed by atoms with van der Waals surface area (Å²) in [5, 5.41) is 0. The van der Waals surface area contributed by atoms with Gasteiger partial charge < -0.3 is 0 Å². The van der Waals surface area contributed by atoms with Gasteiger partial charge >= 0.3 is 0 Å². The van der Waals surface area contributed by atoms with Crippen LogP contribution < -0.4 is 0 Å². The van der Waals surface area contributed by atoms with Crippen molar-refractivity contribution in [2.24, 2.45) is 5.41 Å². The summed E-state index contributed by atoms with van der Waals surface area (Å²) >= 11 is 7.33. The third kappa shape index (κ3) is 2.38. The van der Waals surface area contributed by atoms with E-state index in [2.05, 4.69) is 100 Å². The molecule has 0 N–H and O–H groups in total. The Hall–Kier alpha value is -1.12. The van der Waals surface area contributed by atoms with Gasteiger partial charge in [0.15, 0.2) is 0 Å². The van der Waals surface area contributed by atoms with Crippen LogP contribution in [0.3, 0.4) is 0 Å². The van der Waals surface area contributed by atoms with Crippen molar-refractivity contribution in [3.05, 3.63) is 80.3 Å². The lowest BCUT2D eigenvalue weighted by molar-refractivity contribution is 0.403. The van der Waals surface area contributed by atoms with Crippen molar-refractivity contribution in [3.8, 4) is 11.1 Å². The molecule has 2 aliphatic carbocycles. The maximum absolute atomic E-state index is 3.66. The van der Waals surface area contributed by atoms with Gasteiger partial charge in [0.2, 0.25) is 0 Å². The predicted molar refractivity (Wildman–Crippen MR) is 105 cm³/mol. The fourth-order valence-corrected chi connectivity index (χ4v) is 4.84. The Morgan fingerprint density at radius 2 is 1.48 bits per heavy atom. The molecule has 0 radical (unpaired) electrons. The van der Waals surface area contributed by atoms with E-state index in [1.807, 2.05) is 0 Å². The molecule has 0 aliphatic heterocycles. The van der Waals surface area contributed by atoms with Gasteiger partial charge in [-0.3, -0.25) is 0 Å². The molecule has 0 unspecified atom stereocenters. The van der Waals surface area contributed by atoms with Crippen molar-refractivity contribution >= 4 is 31.9 Å².